The van der Waals surface area contributed by atoms with Gasteiger partial charge in [0, 0.05) is 10.0 Å². The zero-order chi connectivity index (χ0) is 11.4. The minimum absolute atomic E-state index is 0.0599. The first-order valence-corrected chi connectivity index (χ1v) is 5.02. The van der Waals surface area contributed by atoms with E-state index in [0.717, 1.165) is 0 Å². The number of benzene rings is 1. The van der Waals surface area contributed by atoms with Crippen LogP contribution in [0.4, 0.5) is 0 Å². The first-order valence-electron chi connectivity index (χ1n) is 4.22. The quantitative estimate of drug-likeness (QED) is 0.474. The third-order valence-corrected chi connectivity index (χ3v) is 2.51. The summed E-state index contributed by atoms with van der Waals surface area (Å²) in [5, 5.41) is 19.0. The minimum Gasteiger partial charge on any atom is -0.508 e. The van der Waals surface area contributed by atoms with Crippen LogP contribution in [0.25, 0.3) is 0 Å². The molecule has 0 fully saturated rings. The van der Waals surface area contributed by atoms with Crippen LogP contribution >= 0.6 is 15.9 Å². The highest BCUT2D eigenvalue weighted by atomic mass is 79.9. The van der Waals surface area contributed by atoms with Crippen LogP contribution in [0, 0.1) is 0 Å². The van der Waals surface area contributed by atoms with Crippen LogP contribution < -0.4 is 11.5 Å². The molecule has 0 spiro atoms. The largest absolute Gasteiger partial charge is 0.508 e. The Hall–Kier alpha value is -1.27. The summed E-state index contributed by atoms with van der Waals surface area (Å²) in [6.45, 7) is 0.0599. The predicted octanol–water partition coefficient (Wildman–Crippen LogP) is 0.462. The van der Waals surface area contributed by atoms with Crippen molar-refractivity contribution in [2.75, 3.05) is 6.54 Å². The number of nitrogens with zero attached hydrogens (tertiary/aromatic N) is 1. The lowest BCUT2D eigenvalue weighted by molar-refractivity contribution is 0.186. The van der Waals surface area contributed by atoms with Crippen molar-refractivity contribution in [1.29, 1.82) is 0 Å². The SMILES string of the molecule is NC(N)=NC[C@H](O)c1cc(O)ccc1Br. The molecule has 0 saturated heterocycles. The first kappa shape index (κ1) is 11.8. The molecule has 0 amide bonds. The predicted molar refractivity (Wildman–Crippen MR) is 61.4 cm³/mol. The highest BCUT2D eigenvalue weighted by molar-refractivity contribution is 9.10. The van der Waals surface area contributed by atoms with Crippen molar-refractivity contribution in [1.82, 2.24) is 0 Å². The van der Waals surface area contributed by atoms with E-state index in [9.17, 15) is 10.2 Å². The van der Waals surface area contributed by atoms with Gasteiger partial charge in [0.25, 0.3) is 0 Å². The molecule has 0 radical (unpaired) electrons. The number of rotatable bonds is 3. The number of aliphatic hydroxyl groups excluding tert-OH is 1. The molecule has 0 aliphatic carbocycles. The minimum atomic E-state index is -0.853. The van der Waals surface area contributed by atoms with Gasteiger partial charge in [0.1, 0.15) is 5.75 Å². The highest BCUT2D eigenvalue weighted by Crippen LogP contribution is 2.27. The van der Waals surface area contributed by atoms with Crippen molar-refractivity contribution in [3.63, 3.8) is 0 Å². The zero-order valence-corrected chi connectivity index (χ0v) is 9.48. The molecular formula is C9H12BrN3O2. The van der Waals surface area contributed by atoms with Crippen LogP contribution in [-0.4, -0.2) is 22.7 Å². The lowest BCUT2D eigenvalue weighted by Gasteiger charge is -2.10. The van der Waals surface area contributed by atoms with Crippen LogP contribution in [0.5, 0.6) is 5.75 Å². The Balaban J connectivity index is 2.85. The van der Waals surface area contributed by atoms with E-state index >= 15 is 0 Å². The van der Waals surface area contributed by atoms with E-state index in [1.807, 2.05) is 0 Å². The second-order valence-corrected chi connectivity index (χ2v) is 3.84. The van der Waals surface area contributed by atoms with E-state index in [0.29, 0.717) is 10.0 Å². The molecule has 15 heavy (non-hydrogen) atoms. The summed E-state index contributed by atoms with van der Waals surface area (Å²) < 4.78 is 0.693. The van der Waals surface area contributed by atoms with Crippen molar-refractivity contribution in [2.45, 2.75) is 6.10 Å². The fourth-order valence-electron chi connectivity index (χ4n) is 1.08. The molecule has 0 bridgehead atoms. The van der Waals surface area contributed by atoms with Crippen molar-refractivity contribution < 1.29 is 10.2 Å². The fraction of sp³-hybridized carbons (Fsp3) is 0.222. The van der Waals surface area contributed by atoms with Gasteiger partial charge in [-0.05, 0) is 18.2 Å². The van der Waals surface area contributed by atoms with Crippen LogP contribution in [0.1, 0.15) is 11.7 Å². The number of aliphatic imine (C=N–C) groups is 1. The highest BCUT2D eigenvalue weighted by Gasteiger charge is 2.11. The molecule has 0 aliphatic heterocycles. The van der Waals surface area contributed by atoms with E-state index in [-0.39, 0.29) is 18.3 Å². The number of hydrogen-bond acceptors (Lipinski definition) is 3. The monoisotopic (exact) mass is 273 g/mol. The maximum Gasteiger partial charge on any atom is 0.186 e. The normalized spacial score (nSPS) is 12.1. The van der Waals surface area contributed by atoms with Gasteiger partial charge in [-0.25, -0.2) is 0 Å². The van der Waals surface area contributed by atoms with Gasteiger partial charge in [-0.1, -0.05) is 15.9 Å². The summed E-state index contributed by atoms with van der Waals surface area (Å²) in [5.41, 5.74) is 10.8. The van der Waals surface area contributed by atoms with Gasteiger partial charge in [0.15, 0.2) is 5.96 Å². The van der Waals surface area contributed by atoms with Crippen molar-refractivity contribution in [2.24, 2.45) is 16.5 Å². The Morgan fingerprint density at radius 2 is 2.13 bits per heavy atom. The molecule has 6 N–H and O–H groups in total. The lowest BCUT2D eigenvalue weighted by Crippen LogP contribution is -2.23. The van der Waals surface area contributed by atoms with Crippen molar-refractivity contribution in [3.8, 4) is 5.75 Å². The Kier molecular flexibility index (Phi) is 3.93. The van der Waals surface area contributed by atoms with Crippen molar-refractivity contribution in [3.05, 3.63) is 28.2 Å². The molecule has 0 heterocycles. The number of nitrogens with two attached hydrogens (primary N) is 2. The molecule has 5 nitrogen and oxygen atoms in total. The van der Waals surface area contributed by atoms with Gasteiger partial charge in [-0.3, -0.25) is 4.99 Å². The number of aliphatic hydroxyl groups is 1. The molecule has 1 rings (SSSR count). The second kappa shape index (κ2) is 4.99. The standard InChI is InChI=1S/C9H12BrN3O2/c10-7-2-1-5(14)3-6(7)8(15)4-13-9(11)12/h1-3,8,14-15H,4H2,(H4,11,12,13)/t8-/m0/s1. The maximum absolute atomic E-state index is 9.72. The number of phenols is 1. The van der Waals surface area contributed by atoms with E-state index in [1.165, 1.54) is 12.1 Å². The molecule has 0 saturated carbocycles. The molecule has 6 heteroatoms. The Morgan fingerprint density at radius 3 is 2.73 bits per heavy atom. The van der Waals surface area contributed by atoms with Crippen LogP contribution in [0.2, 0.25) is 0 Å². The van der Waals surface area contributed by atoms with Gasteiger partial charge in [0.05, 0.1) is 12.6 Å². The second-order valence-electron chi connectivity index (χ2n) is 2.99. The van der Waals surface area contributed by atoms with E-state index in [2.05, 4.69) is 20.9 Å². The number of hydrogen-bond donors (Lipinski definition) is 4. The Labute approximate surface area is 95.6 Å². The topological polar surface area (TPSA) is 105 Å². The molecule has 1 aromatic carbocycles. The molecule has 82 valence electrons. The van der Waals surface area contributed by atoms with Crippen molar-refractivity contribution >= 4 is 21.9 Å². The third-order valence-electron chi connectivity index (χ3n) is 1.79. The molecule has 1 aromatic rings. The summed E-state index contributed by atoms with van der Waals surface area (Å²) in [7, 11) is 0. The summed E-state index contributed by atoms with van der Waals surface area (Å²) in [4.78, 5) is 3.69. The number of halogens is 1. The van der Waals surface area contributed by atoms with Crippen LogP contribution in [0.3, 0.4) is 0 Å². The molecule has 1 atom stereocenters. The molecule has 0 unspecified atom stereocenters. The van der Waals surface area contributed by atoms with Gasteiger partial charge in [-0.15, -0.1) is 0 Å². The average molecular weight is 274 g/mol. The van der Waals surface area contributed by atoms with E-state index < -0.39 is 6.10 Å². The number of phenolic OH excluding ortho intramolecular Hbond substituents is 1. The Morgan fingerprint density at radius 1 is 1.47 bits per heavy atom. The van der Waals surface area contributed by atoms with Gasteiger partial charge in [0.2, 0.25) is 0 Å². The fourth-order valence-corrected chi connectivity index (χ4v) is 1.59. The first-order chi connectivity index (χ1) is 7.00. The van der Waals surface area contributed by atoms with E-state index in [4.69, 9.17) is 11.5 Å². The van der Waals surface area contributed by atoms with E-state index in [1.54, 1.807) is 6.07 Å². The van der Waals surface area contributed by atoms with Crippen LogP contribution in [-0.2, 0) is 0 Å². The number of aromatic hydroxyl groups is 1. The Bertz CT molecular complexity index is 378. The third kappa shape index (κ3) is 3.41. The summed E-state index contributed by atoms with van der Waals surface area (Å²) in [6, 6.07) is 4.61. The van der Waals surface area contributed by atoms with Crippen LogP contribution in [0.15, 0.2) is 27.7 Å². The average Bonchev–Trinajstić information content (AvgIpc) is 2.18. The number of guanidine groups is 1. The summed E-state index contributed by atoms with van der Waals surface area (Å²) in [5.74, 6) is 0.00211. The maximum atomic E-state index is 9.72. The molecule has 0 aromatic heterocycles. The lowest BCUT2D eigenvalue weighted by atomic mass is 10.1. The summed E-state index contributed by atoms with van der Waals surface area (Å²) >= 11 is 3.26. The summed E-state index contributed by atoms with van der Waals surface area (Å²) in [6.07, 6.45) is -0.853. The molecular weight excluding hydrogens is 262 g/mol. The zero-order valence-electron chi connectivity index (χ0n) is 7.89. The smallest absolute Gasteiger partial charge is 0.186 e. The van der Waals surface area contributed by atoms with Gasteiger partial charge >= 0.3 is 0 Å². The van der Waals surface area contributed by atoms with Gasteiger partial charge in [-0.2, -0.15) is 0 Å². The van der Waals surface area contributed by atoms with Gasteiger partial charge < -0.3 is 21.7 Å². The molecule has 0 aliphatic rings.